The fourth-order valence-electron chi connectivity index (χ4n) is 1.85. The number of hydrogen-bond donors (Lipinski definition) is 1. The van der Waals surface area contributed by atoms with Crippen molar-refractivity contribution in [2.24, 2.45) is 5.73 Å². The van der Waals surface area contributed by atoms with E-state index >= 15 is 0 Å². The van der Waals surface area contributed by atoms with Crippen LogP contribution in [0, 0.1) is 0 Å². The maximum atomic E-state index is 5.74. The minimum atomic E-state index is -0.262. The van der Waals surface area contributed by atoms with E-state index in [1.54, 1.807) is 0 Å². The lowest BCUT2D eigenvalue weighted by atomic mass is 10.2. The van der Waals surface area contributed by atoms with Gasteiger partial charge in [0.15, 0.2) is 6.29 Å². The highest BCUT2D eigenvalue weighted by Gasteiger charge is 2.26. The molecule has 1 fully saturated rings. The van der Waals surface area contributed by atoms with Gasteiger partial charge in [-0.2, -0.15) is 0 Å². The maximum absolute atomic E-state index is 5.74. The summed E-state index contributed by atoms with van der Waals surface area (Å²) in [4.78, 5) is 0. The highest BCUT2D eigenvalue weighted by molar-refractivity contribution is 5.28. The molecule has 1 heterocycles. The molecule has 0 aliphatic carbocycles. The molecule has 0 bridgehead atoms. The monoisotopic (exact) mass is 237 g/mol. The summed E-state index contributed by atoms with van der Waals surface area (Å²) >= 11 is 0. The van der Waals surface area contributed by atoms with Gasteiger partial charge in [-0.05, 0) is 32.0 Å². The quantitative estimate of drug-likeness (QED) is 0.849. The van der Waals surface area contributed by atoms with Crippen LogP contribution in [0.15, 0.2) is 24.3 Å². The zero-order valence-corrected chi connectivity index (χ0v) is 10.1. The summed E-state index contributed by atoms with van der Waals surface area (Å²) in [6.07, 6.45) is 0.701. The molecule has 1 aliphatic rings. The van der Waals surface area contributed by atoms with Crippen molar-refractivity contribution < 1.29 is 14.2 Å². The molecule has 1 saturated heterocycles. The first kappa shape index (κ1) is 12.4. The number of hydrogen-bond acceptors (Lipinski definition) is 4. The molecule has 0 aromatic heterocycles. The van der Waals surface area contributed by atoms with Crippen LogP contribution in [-0.4, -0.2) is 25.9 Å². The second-order valence-corrected chi connectivity index (χ2v) is 4.00. The van der Waals surface area contributed by atoms with E-state index in [-0.39, 0.29) is 12.4 Å². The van der Waals surface area contributed by atoms with Crippen molar-refractivity contribution >= 4 is 0 Å². The third kappa shape index (κ3) is 3.19. The van der Waals surface area contributed by atoms with Crippen LogP contribution in [0.4, 0.5) is 0 Å². The highest BCUT2D eigenvalue weighted by Crippen LogP contribution is 2.29. The summed E-state index contributed by atoms with van der Waals surface area (Å²) < 4.78 is 16.7. The van der Waals surface area contributed by atoms with Crippen molar-refractivity contribution in [2.75, 3.05) is 19.8 Å². The molecule has 17 heavy (non-hydrogen) atoms. The standard InChI is InChI=1S/C13H19NO3/c1-2-15-11-5-3-10(4-6-11)13-16-9-12(17-13)7-8-14/h3-6,12-13H,2,7-9,14H2,1H3. The third-order valence-electron chi connectivity index (χ3n) is 2.70. The molecular formula is C13H19NO3. The van der Waals surface area contributed by atoms with Gasteiger partial charge in [0.2, 0.25) is 0 Å². The van der Waals surface area contributed by atoms with E-state index in [0.717, 1.165) is 17.7 Å². The maximum Gasteiger partial charge on any atom is 0.184 e. The lowest BCUT2D eigenvalue weighted by Crippen LogP contribution is -2.15. The lowest BCUT2D eigenvalue weighted by molar-refractivity contribution is -0.0607. The van der Waals surface area contributed by atoms with Crippen molar-refractivity contribution in [1.29, 1.82) is 0 Å². The van der Waals surface area contributed by atoms with E-state index in [4.69, 9.17) is 19.9 Å². The summed E-state index contributed by atoms with van der Waals surface area (Å²) in [5.74, 6) is 0.868. The molecule has 1 aromatic rings. The number of rotatable bonds is 5. The summed E-state index contributed by atoms with van der Waals surface area (Å²) in [7, 11) is 0. The molecule has 1 aliphatic heterocycles. The Kier molecular flexibility index (Phi) is 4.36. The Bertz CT molecular complexity index is 339. The highest BCUT2D eigenvalue weighted by atomic mass is 16.7. The van der Waals surface area contributed by atoms with Gasteiger partial charge in [0.05, 0.1) is 19.3 Å². The van der Waals surface area contributed by atoms with Crippen LogP contribution in [0.25, 0.3) is 0 Å². The van der Waals surface area contributed by atoms with Crippen LogP contribution in [0.5, 0.6) is 5.75 Å². The van der Waals surface area contributed by atoms with Gasteiger partial charge in [0.1, 0.15) is 5.75 Å². The third-order valence-corrected chi connectivity index (χ3v) is 2.70. The van der Waals surface area contributed by atoms with E-state index in [2.05, 4.69) is 0 Å². The molecule has 2 atom stereocenters. The molecular weight excluding hydrogens is 218 g/mol. The van der Waals surface area contributed by atoms with Crippen LogP contribution in [-0.2, 0) is 9.47 Å². The van der Waals surface area contributed by atoms with Crippen molar-refractivity contribution in [3.05, 3.63) is 29.8 Å². The van der Waals surface area contributed by atoms with E-state index < -0.39 is 0 Å². The molecule has 0 amide bonds. The Balaban J connectivity index is 1.94. The van der Waals surface area contributed by atoms with E-state index in [0.29, 0.717) is 19.8 Å². The number of ether oxygens (including phenoxy) is 3. The van der Waals surface area contributed by atoms with Gasteiger partial charge in [-0.15, -0.1) is 0 Å². The van der Waals surface area contributed by atoms with Crippen LogP contribution in [0.1, 0.15) is 25.2 Å². The predicted molar refractivity (Wildman–Crippen MR) is 64.8 cm³/mol. The molecule has 2 unspecified atom stereocenters. The molecule has 1 aromatic carbocycles. The fourth-order valence-corrected chi connectivity index (χ4v) is 1.85. The molecule has 0 saturated carbocycles. The predicted octanol–water partition coefficient (Wildman–Crippen LogP) is 1.85. The Labute approximate surface area is 102 Å². The first-order valence-corrected chi connectivity index (χ1v) is 6.03. The van der Waals surface area contributed by atoms with Gasteiger partial charge in [0.25, 0.3) is 0 Å². The number of nitrogens with two attached hydrogens (primary N) is 1. The molecule has 4 nitrogen and oxygen atoms in total. The van der Waals surface area contributed by atoms with Crippen LogP contribution in [0.2, 0.25) is 0 Å². The minimum Gasteiger partial charge on any atom is -0.494 e. The smallest absolute Gasteiger partial charge is 0.184 e. The van der Waals surface area contributed by atoms with E-state index in [1.807, 2.05) is 31.2 Å². The summed E-state index contributed by atoms with van der Waals surface area (Å²) in [5.41, 5.74) is 6.51. The Morgan fingerprint density at radius 2 is 2.12 bits per heavy atom. The zero-order valence-electron chi connectivity index (χ0n) is 10.1. The second-order valence-electron chi connectivity index (χ2n) is 4.00. The first-order valence-electron chi connectivity index (χ1n) is 6.03. The molecule has 0 radical (unpaired) electrons. The Morgan fingerprint density at radius 1 is 1.35 bits per heavy atom. The minimum absolute atomic E-state index is 0.122. The van der Waals surface area contributed by atoms with Crippen LogP contribution >= 0.6 is 0 Å². The molecule has 94 valence electrons. The molecule has 2 N–H and O–H groups in total. The topological polar surface area (TPSA) is 53.7 Å². The lowest BCUT2D eigenvalue weighted by Gasteiger charge is -2.12. The SMILES string of the molecule is CCOc1ccc(C2OCC(CCN)O2)cc1. The zero-order chi connectivity index (χ0) is 12.1. The van der Waals surface area contributed by atoms with Crippen molar-refractivity contribution in [1.82, 2.24) is 0 Å². The first-order chi connectivity index (χ1) is 8.33. The van der Waals surface area contributed by atoms with Crippen LogP contribution < -0.4 is 10.5 Å². The normalized spacial score (nSPS) is 23.9. The van der Waals surface area contributed by atoms with Gasteiger partial charge < -0.3 is 19.9 Å². The van der Waals surface area contributed by atoms with Crippen molar-refractivity contribution in [2.45, 2.75) is 25.7 Å². The van der Waals surface area contributed by atoms with Gasteiger partial charge in [-0.1, -0.05) is 12.1 Å². The van der Waals surface area contributed by atoms with Gasteiger partial charge in [0, 0.05) is 5.56 Å². The summed E-state index contributed by atoms with van der Waals surface area (Å²) in [6.45, 7) is 3.89. The van der Waals surface area contributed by atoms with E-state index in [1.165, 1.54) is 0 Å². The summed E-state index contributed by atoms with van der Waals surface area (Å²) in [5, 5.41) is 0. The van der Waals surface area contributed by atoms with Crippen LogP contribution in [0.3, 0.4) is 0 Å². The Morgan fingerprint density at radius 3 is 2.76 bits per heavy atom. The van der Waals surface area contributed by atoms with Crippen molar-refractivity contribution in [3.8, 4) is 5.75 Å². The largest absolute Gasteiger partial charge is 0.494 e. The molecule has 0 spiro atoms. The van der Waals surface area contributed by atoms with E-state index in [9.17, 15) is 0 Å². The van der Waals surface area contributed by atoms with Gasteiger partial charge in [-0.3, -0.25) is 0 Å². The van der Waals surface area contributed by atoms with Gasteiger partial charge >= 0.3 is 0 Å². The average Bonchev–Trinajstić information content (AvgIpc) is 2.80. The van der Waals surface area contributed by atoms with Gasteiger partial charge in [-0.25, -0.2) is 0 Å². The Hall–Kier alpha value is -1.10. The second kappa shape index (κ2) is 6.00. The summed E-state index contributed by atoms with van der Waals surface area (Å²) in [6, 6.07) is 7.81. The molecule has 2 rings (SSSR count). The fraction of sp³-hybridized carbons (Fsp3) is 0.538. The molecule has 4 heteroatoms. The van der Waals surface area contributed by atoms with Crippen molar-refractivity contribution in [3.63, 3.8) is 0 Å². The average molecular weight is 237 g/mol. The number of benzene rings is 1.